The van der Waals surface area contributed by atoms with E-state index in [4.69, 9.17) is 4.74 Å². The Hall–Kier alpha value is -1.57. The molecule has 0 fully saturated rings. The van der Waals surface area contributed by atoms with Gasteiger partial charge in [0.15, 0.2) is 0 Å². The summed E-state index contributed by atoms with van der Waals surface area (Å²) in [5, 5.41) is 0. The first-order valence-corrected chi connectivity index (χ1v) is 6.02. The van der Waals surface area contributed by atoms with Crippen LogP contribution in [-0.4, -0.2) is 12.6 Å². The second kappa shape index (κ2) is 4.36. The van der Waals surface area contributed by atoms with E-state index in [0.717, 1.165) is 12.0 Å². The Kier molecular flexibility index (Phi) is 3.05. The van der Waals surface area contributed by atoms with Crippen molar-refractivity contribution in [2.45, 2.75) is 27.2 Å². The van der Waals surface area contributed by atoms with Crippen molar-refractivity contribution in [2.24, 2.45) is 5.41 Å². The third kappa shape index (κ3) is 2.12. The van der Waals surface area contributed by atoms with Crippen LogP contribution in [0.2, 0.25) is 0 Å². The maximum absolute atomic E-state index is 11.9. The van der Waals surface area contributed by atoms with Gasteiger partial charge in [0.1, 0.15) is 0 Å². The highest BCUT2D eigenvalue weighted by molar-refractivity contribution is 5.83. The van der Waals surface area contributed by atoms with Crippen molar-refractivity contribution >= 4 is 12.0 Å². The zero-order valence-corrected chi connectivity index (χ0v) is 10.6. The molecule has 2 heteroatoms. The van der Waals surface area contributed by atoms with Crippen molar-refractivity contribution in [3.05, 3.63) is 41.0 Å². The second-order valence-corrected chi connectivity index (χ2v) is 4.89. The van der Waals surface area contributed by atoms with Crippen LogP contribution in [0.1, 0.15) is 31.9 Å². The summed E-state index contributed by atoms with van der Waals surface area (Å²) in [7, 11) is 0. The molecular formula is C15H18O2. The molecule has 90 valence electrons. The van der Waals surface area contributed by atoms with Gasteiger partial charge < -0.3 is 4.74 Å². The zero-order chi connectivity index (χ0) is 12.5. The SMILES string of the molecule is CCOC(=O)C(C)(C)C1=Cc2ccccc2C1. The summed E-state index contributed by atoms with van der Waals surface area (Å²) in [5.41, 5.74) is 3.12. The predicted molar refractivity (Wildman–Crippen MR) is 68.5 cm³/mol. The Bertz CT molecular complexity index is 470. The Morgan fingerprint density at radius 3 is 2.71 bits per heavy atom. The molecule has 0 heterocycles. The van der Waals surface area contributed by atoms with Gasteiger partial charge in [-0.25, -0.2) is 0 Å². The molecule has 0 amide bonds. The minimum atomic E-state index is -0.533. The second-order valence-electron chi connectivity index (χ2n) is 4.89. The van der Waals surface area contributed by atoms with Crippen molar-refractivity contribution < 1.29 is 9.53 Å². The van der Waals surface area contributed by atoms with Gasteiger partial charge in [0.2, 0.25) is 0 Å². The minimum absolute atomic E-state index is 0.140. The maximum Gasteiger partial charge on any atom is 0.315 e. The van der Waals surface area contributed by atoms with Gasteiger partial charge in [0.25, 0.3) is 0 Å². The predicted octanol–water partition coefficient (Wildman–Crippen LogP) is 3.22. The van der Waals surface area contributed by atoms with Crippen LogP contribution in [0, 0.1) is 5.41 Å². The van der Waals surface area contributed by atoms with Gasteiger partial charge in [-0.1, -0.05) is 30.3 Å². The van der Waals surface area contributed by atoms with Crippen LogP contribution in [0.4, 0.5) is 0 Å². The molecule has 0 saturated heterocycles. The molecule has 1 aromatic carbocycles. The lowest BCUT2D eigenvalue weighted by Gasteiger charge is -2.23. The van der Waals surface area contributed by atoms with Crippen molar-refractivity contribution in [2.75, 3.05) is 6.61 Å². The highest BCUT2D eigenvalue weighted by Crippen LogP contribution is 2.37. The number of rotatable bonds is 3. The average molecular weight is 230 g/mol. The summed E-state index contributed by atoms with van der Waals surface area (Å²) in [4.78, 5) is 11.9. The van der Waals surface area contributed by atoms with Gasteiger partial charge in [-0.05, 0) is 43.9 Å². The molecule has 0 radical (unpaired) electrons. The van der Waals surface area contributed by atoms with Crippen LogP contribution >= 0.6 is 0 Å². The largest absolute Gasteiger partial charge is 0.465 e. The number of carbonyl (C=O) groups is 1. The van der Waals surface area contributed by atoms with Crippen LogP contribution < -0.4 is 0 Å². The smallest absolute Gasteiger partial charge is 0.315 e. The molecule has 0 spiro atoms. The Balaban J connectivity index is 2.24. The third-order valence-electron chi connectivity index (χ3n) is 3.35. The number of carbonyl (C=O) groups excluding carboxylic acids is 1. The van der Waals surface area contributed by atoms with Crippen LogP contribution in [0.5, 0.6) is 0 Å². The van der Waals surface area contributed by atoms with Crippen molar-refractivity contribution in [1.82, 2.24) is 0 Å². The van der Waals surface area contributed by atoms with Gasteiger partial charge >= 0.3 is 5.97 Å². The summed E-state index contributed by atoms with van der Waals surface area (Å²) < 4.78 is 5.14. The zero-order valence-electron chi connectivity index (χ0n) is 10.6. The molecule has 2 nitrogen and oxygen atoms in total. The fraction of sp³-hybridized carbons (Fsp3) is 0.400. The Morgan fingerprint density at radius 1 is 1.35 bits per heavy atom. The van der Waals surface area contributed by atoms with E-state index >= 15 is 0 Å². The van der Waals surface area contributed by atoms with Gasteiger partial charge in [-0.2, -0.15) is 0 Å². The number of ether oxygens (including phenoxy) is 1. The fourth-order valence-electron chi connectivity index (χ4n) is 2.12. The van der Waals surface area contributed by atoms with E-state index in [1.807, 2.05) is 32.9 Å². The van der Waals surface area contributed by atoms with Crippen LogP contribution in [-0.2, 0) is 16.0 Å². The van der Waals surface area contributed by atoms with Gasteiger partial charge in [0.05, 0.1) is 12.0 Å². The van der Waals surface area contributed by atoms with E-state index in [1.54, 1.807) is 0 Å². The van der Waals surface area contributed by atoms with E-state index in [1.165, 1.54) is 11.1 Å². The normalized spacial score (nSPS) is 14.2. The molecule has 2 rings (SSSR count). The van der Waals surface area contributed by atoms with Gasteiger partial charge in [-0.3, -0.25) is 4.79 Å². The molecule has 0 N–H and O–H groups in total. The van der Waals surface area contributed by atoms with Crippen LogP contribution in [0.3, 0.4) is 0 Å². The molecule has 0 bridgehead atoms. The topological polar surface area (TPSA) is 26.3 Å². The van der Waals surface area contributed by atoms with Crippen molar-refractivity contribution in [1.29, 1.82) is 0 Å². The van der Waals surface area contributed by atoms with Crippen LogP contribution in [0.25, 0.3) is 6.08 Å². The number of hydrogen-bond acceptors (Lipinski definition) is 2. The first kappa shape index (κ1) is 11.9. The molecule has 17 heavy (non-hydrogen) atoms. The minimum Gasteiger partial charge on any atom is -0.465 e. The highest BCUT2D eigenvalue weighted by Gasteiger charge is 2.35. The molecule has 0 aliphatic heterocycles. The molecule has 0 unspecified atom stereocenters. The van der Waals surface area contributed by atoms with E-state index in [9.17, 15) is 4.79 Å². The van der Waals surface area contributed by atoms with E-state index in [-0.39, 0.29) is 5.97 Å². The number of hydrogen-bond donors (Lipinski definition) is 0. The Morgan fingerprint density at radius 2 is 2.06 bits per heavy atom. The quantitative estimate of drug-likeness (QED) is 0.745. The lowest BCUT2D eigenvalue weighted by Crippen LogP contribution is -2.28. The van der Waals surface area contributed by atoms with Crippen molar-refractivity contribution in [3.8, 4) is 0 Å². The lowest BCUT2D eigenvalue weighted by molar-refractivity contribution is -0.151. The maximum atomic E-state index is 11.9. The van der Waals surface area contributed by atoms with Crippen molar-refractivity contribution in [3.63, 3.8) is 0 Å². The van der Waals surface area contributed by atoms with E-state index in [2.05, 4.69) is 18.2 Å². The number of esters is 1. The van der Waals surface area contributed by atoms with Crippen LogP contribution in [0.15, 0.2) is 29.8 Å². The summed E-state index contributed by atoms with van der Waals surface area (Å²) in [6, 6.07) is 8.26. The standard InChI is InChI=1S/C15H18O2/c1-4-17-14(16)15(2,3)13-9-11-7-5-6-8-12(11)10-13/h5-9H,4,10H2,1-3H3. The molecular weight excluding hydrogens is 212 g/mol. The molecule has 0 saturated carbocycles. The lowest BCUT2D eigenvalue weighted by atomic mass is 9.83. The third-order valence-corrected chi connectivity index (χ3v) is 3.35. The van der Waals surface area contributed by atoms with Gasteiger partial charge in [0, 0.05) is 0 Å². The van der Waals surface area contributed by atoms with E-state index < -0.39 is 5.41 Å². The van der Waals surface area contributed by atoms with E-state index in [0.29, 0.717) is 6.61 Å². The fourth-order valence-corrected chi connectivity index (χ4v) is 2.12. The number of fused-ring (bicyclic) bond motifs is 1. The average Bonchev–Trinajstić information content (AvgIpc) is 2.73. The molecule has 0 aromatic heterocycles. The molecule has 0 atom stereocenters. The summed E-state index contributed by atoms with van der Waals surface area (Å²) in [5.74, 6) is -0.140. The van der Waals surface area contributed by atoms with Gasteiger partial charge in [-0.15, -0.1) is 0 Å². The monoisotopic (exact) mass is 230 g/mol. The molecule has 1 aliphatic rings. The molecule has 1 aliphatic carbocycles. The summed E-state index contributed by atoms with van der Waals surface area (Å²) >= 11 is 0. The Labute approximate surface area is 102 Å². The first-order chi connectivity index (χ1) is 8.05. The number of benzene rings is 1. The molecule has 1 aromatic rings. The summed E-state index contributed by atoms with van der Waals surface area (Å²) in [6.45, 7) is 6.14. The summed E-state index contributed by atoms with van der Waals surface area (Å²) in [6.07, 6.45) is 2.97. The first-order valence-electron chi connectivity index (χ1n) is 6.02. The highest BCUT2D eigenvalue weighted by atomic mass is 16.5.